The number of carbonyl (C=O) groups is 1. The summed E-state index contributed by atoms with van der Waals surface area (Å²) in [4.78, 5) is 12.2. The minimum absolute atomic E-state index is 0.00907. The SMILES string of the molecule is O=C(Nc1cc(C(F)(F)F)ccc1Cl)C1CC1c1ccccc1. The van der Waals surface area contributed by atoms with Gasteiger partial charge in [0.05, 0.1) is 16.3 Å². The lowest BCUT2D eigenvalue weighted by atomic mass is 10.1. The third-order valence-corrected chi connectivity index (χ3v) is 4.24. The Labute approximate surface area is 136 Å². The largest absolute Gasteiger partial charge is 0.416 e. The van der Waals surface area contributed by atoms with E-state index in [0.717, 1.165) is 23.8 Å². The van der Waals surface area contributed by atoms with Crippen molar-refractivity contribution in [3.63, 3.8) is 0 Å². The van der Waals surface area contributed by atoms with Gasteiger partial charge in [-0.3, -0.25) is 4.79 Å². The molecule has 1 aliphatic rings. The van der Waals surface area contributed by atoms with Crippen LogP contribution in [0.25, 0.3) is 0 Å². The van der Waals surface area contributed by atoms with Gasteiger partial charge >= 0.3 is 6.18 Å². The molecule has 0 spiro atoms. The fraction of sp³-hybridized carbons (Fsp3) is 0.235. The normalized spacial score (nSPS) is 20.2. The summed E-state index contributed by atoms with van der Waals surface area (Å²) in [5.41, 5.74) is 0.209. The van der Waals surface area contributed by atoms with Crippen molar-refractivity contribution in [3.8, 4) is 0 Å². The Morgan fingerprint density at radius 1 is 1.13 bits per heavy atom. The standard InChI is InChI=1S/C17H13ClF3NO/c18-14-7-6-11(17(19,20)21)8-15(14)22-16(23)13-9-12(13)10-4-2-1-3-5-10/h1-8,12-13H,9H2,(H,22,23). The zero-order valence-electron chi connectivity index (χ0n) is 11.9. The van der Waals surface area contributed by atoms with Gasteiger partial charge in [-0.1, -0.05) is 41.9 Å². The molecule has 2 aromatic rings. The molecule has 23 heavy (non-hydrogen) atoms. The fourth-order valence-corrected chi connectivity index (χ4v) is 2.74. The maximum Gasteiger partial charge on any atom is 0.416 e. The average Bonchev–Trinajstić information content (AvgIpc) is 3.30. The number of amides is 1. The van der Waals surface area contributed by atoms with Crippen LogP contribution in [0.2, 0.25) is 5.02 Å². The van der Waals surface area contributed by atoms with Gasteiger partial charge in [0.15, 0.2) is 0 Å². The number of halogens is 4. The van der Waals surface area contributed by atoms with Crippen LogP contribution in [0, 0.1) is 5.92 Å². The molecule has 2 unspecified atom stereocenters. The number of rotatable bonds is 3. The van der Waals surface area contributed by atoms with Crippen LogP contribution in [0.4, 0.5) is 18.9 Å². The molecule has 0 radical (unpaired) electrons. The number of hydrogen-bond donors (Lipinski definition) is 1. The molecule has 1 amide bonds. The van der Waals surface area contributed by atoms with Gasteiger partial charge in [0.1, 0.15) is 0 Å². The van der Waals surface area contributed by atoms with Gasteiger partial charge in [-0.05, 0) is 36.1 Å². The second-order valence-electron chi connectivity index (χ2n) is 5.54. The van der Waals surface area contributed by atoms with Crippen molar-refractivity contribution < 1.29 is 18.0 Å². The van der Waals surface area contributed by atoms with Crippen LogP contribution in [-0.2, 0) is 11.0 Å². The lowest BCUT2D eigenvalue weighted by molar-refractivity contribution is -0.137. The van der Waals surface area contributed by atoms with Crippen molar-refractivity contribution in [2.45, 2.75) is 18.5 Å². The number of alkyl halides is 3. The smallest absolute Gasteiger partial charge is 0.324 e. The van der Waals surface area contributed by atoms with E-state index in [1.807, 2.05) is 30.3 Å². The summed E-state index contributed by atoms with van der Waals surface area (Å²) in [5, 5.41) is 2.60. The zero-order chi connectivity index (χ0) is 16.6. The van der Waals surface area contributed by atoms with E-state index in [2.05, 4.69) is 5.32 Å². The summed E-state index contributed by atoms with van der Waals surface area (Å²) in [5.74, 6) is -0.427. The van der Waals surface area contributed by atoms with E-state index < -0.39 is 11.7 Å². The highest BCUT2D eigenvalue weighted by Crippen LogP contribution is 2.48. The number of hydrogen-bond acceptors (Lipinski definition) is 1. The molecule has 120 valence electrons. The fourth-order valence-electron chi connectivity index (χ4n) is 2.58. The van der Waals surface area contributed by atoms with Crippen LogP contribution < -0.4 is 5.32 Å². The maximum atomic E-state index is 12.7. The third-order valence-electron chi connectivity index (χ3n) is 3.91. The first-order chi connectivity index (χ1) is 10.9. The Morgan fingerprint density at radius 3 is 2.48 bits per heavy atom. The minimum Gasteiger partial charge on any atom is -0.324 e. The molecule has 0 heterocycles. The van der Waals surface area contributed by atoms with Gasteiger partial charge in [0.2, 0.25) is 5.91 Å². The quantitative estimate of drug-likeness (QED) is 0.828. The van der Waals surface area contributed by atoms with Gasteiger partial charge in [-0.2, -0.15) is 13.2 Å². The number of carbonyl (C=O) groups excluding carboxylic acids is 1. The summed E-state index contributed by atoms with van der Waals surface area (Å²) in [7, 11) is 0. The minimum atomic E-state index is -4.48. The molecular weight excluding hydrogens is 327 g/mol. The molecule has 1 saturated carbocycles. The first kappa shape index (κ1) is 15.9. The van der Waals surface area contributed by atoms with Crippen molar-refractivity contribution in [2.24, 2.45) is 5.92 Å². The molecule has 3 rings (SSSR count). The number of anilines is 1. The Bertz CT molecular complexity index is 730. The summed E-state index contributed by atoms with van der Waals surface area (Å²) in [6, 6.07) is 12.5. The van der Waals surface area contributed by atoms with Crippen molar-refractivity contribution in [2.75, 3.05) is 5.32 Å². The van der Waals surface area contributed by atoms with E-state index >= 15 is 0 Å². The van der Waals surface area contributed by atoms with Gasteiger partial charge in [-0.15, -0.1) is 0 Å². The van der Waals surface area contributed by atoms with Crippen molar-refractivity contribution in [3.05, 3.63) is 64.7 Å². The average molecular weight is 340 g/mol. The van der Waals surface area contributed by atoms with Crippen molar-refractivity contribution in [1.29, 1.82) is 0 Å². The van der Waals surface area contributed by atoms with Crippen LogP contribution in [0.15, 0.2) is 48.5 Å². The van der Waals surface area contributed by atoms with Gasteiger partial charge in [0.25, 0.3) is 0 Å². The lowest BCUT2D eigenvalue weighted by Gasteiger charge is -2.11. The second-order valence-corrected chi connectivity index (χ2v) is 5.95. The maximum absolute atomic E-state index is 12.7. The van der Waals surface area contributed by atoms with Gasteiger partial charge in [0, 0.05) is 5.92 Å². The van der Waals surface area contributed by atoms with Crippen molar-refractivity contribution in [1.82, 2.24) is 0 Å². The van der Waals surface area contributed by atoms with Crippen LogP contribution in [-0.4, -0.2) is 5.91 Å². The lowest BCUT2D eigenvalue weighted by Crippen LogP contribution is -2.16. The van der Waals surface area contributed by atoms with Crippen LogP contribution >= 0.6 is 11.6 Å². The monoisotopic (exact) mass is 339 g/mol. The van der Waals surface area contributed by atoms with Crippen LogP contribution in [0.5, 0.6) is 0 Å². The highest BCUT2D eigenvalue weighted by molar-refractivity contribution is 6.33. The summed E-state index contributed by atoms with van der Waals surface area (Å²) in [6.07, 6.45) is -3.79. The van der Waals surface area contributed by atoms with Crippen LogP contribution in [0.3, 0.4) is 0 Å². The molecule has 6 heteroatoms. The summed E-state index contributed by atoms with van der Waals surface area (Å²) < 4.78 is 38.2. The van der Waals surface area contributed by atoms with Crippen molar-refractivity contribution >= 4 is 23.2 Å². The van der Waals surface area contributed by atoms with E-state index in [4.69, 9.17) is 11.6 Å². The molecule has 1 fully saturated rings. The first-order valence-electron chi connectivity index (χ1n) is 7.09. The molecule has 2 nitrogen and oxygen atoms in total. The molecular formula is C17H13ClF3NO. The van der Waals surface area contributed by atoms with Gasteiger partial charge in [-0.25, -0.2) is 0 Å². The molecule has 1 aliphatic carbocycles. The summed E-state index contributed by atoms with van der Waals surface area (Å²) in [6.45, 7) is 0. The Balaban J connectivity index is 1.72. The molecule has 0 saturated heterocycles. The van der Waals surface area contributed by atoms with E-state index in [-0.39, 0.29) is 28.5 Å². The third kappa shape index (κ3) is 3.50. The topological polar surface area (TPSA) is 29.1 Å². The predicted molar refractivity (Wildman–Crippen MR) is 82.4 cm³/mol. The van der Waals surface area contributed by atoms with Gasteiger partial charge < -0.3 is 5.32 Å². The Hall–Kier alpha value is -2.01. The number of nitrogens with one attached hydrogen (secondary N) is 1. The van der Waals surface area contributed by atoms with E-state index in [1.165, 1.54) is 0 Å². The Morgan fingerprint density at radius 2 is 1.83 bits per heavy atom. The highest BCUT2D eigenvalue weighted by atomic mass is 35.5. The van der Waals surface area contributed by atoms with Crippen LogP contribution in [0.1, 0.15) is 23.5 Å². The molecule has 0 aliphatic heterocycles. The van der Waals surface area contributed by atoms with E-state index in [9.17, 15) is 18.0 Å². The highest BCUT2D eigenvalue weighted by Gasteiger charge is 2.44. The zero-order valence-corrected chi connectivity index (χ0v) is 12.7. The molecule has 2 atom stereocenters. The molecule has 2 aromatic carbocycles. The molecule has 0 aromatic heterocycles. The van der Waals surface area contributed by atoms with E-state index in [0.29, 0.717) is 6.42 Å². The second kappa shape index (κ2) is 5.89. The summed E-state index contributed by atoms with van der Waals surface area (Å²) >= 11 is 5.89. The predicted octanol–water partition coefficient (Wildman–Crippen LogP) is 5.10. The molecule has 0 bridgehead atoms. The van der Waals surface area contributed by atoms with E-state index in [1.54, 1.807) is 0 Å². The number of benzene rings is 2. The first-order valence-corrected chi connectivity index (χ1v) is 7.46. The molecule has 1 N–H and O–H groups in total. The Kier molecular flexibility index (Phi) is 4.06.